The molecule has 132 valence electrons. The molecule has 0 amide bonds. The minimum absolute atomic E-state index is 0.0289. The Labute approximate surface area is 147 Å². The van der Waals surface area contributed by atoms with Crippen LogP contribution in [-0.2, 0) is 4.74 Å². The quantitative estimate of drug-likeness (QED) is 0.905. The normalized spacial score (nSPS) is 27.5. The molecule has 4 unspecified atom stereocenters. The number of rotatable bonds is 3. The first-order chi connectivity index (χ1) is 12.1. The molecule has 2 heterocycles. The van der Waals surface area contributed by atoms with Crippen LogP contribution in [0.5, 0.6) is 23.0 Å². The molecule has 4 rings (SSSR count). The molecule has 0 aliphatic carbocycles. The summed E-state index contributed by atoms with van der Waals surface area (Å²) in [5.74, 6) is 2.79. The van der Waals surface area contributed by atoms with Crippen molar-refractivity contribution < 1.29 is 24.1 Å². The Bertz CT molecular complexity index is 788. The van der Waals surface area contributed by atoms with E-state index in [-0.39, 0.29) is 24.8 Å². The number of phenols is 1. The van der Waals surface area contributed by atoms with E-state index in [2.05, 4.69) is 13.8 Å². The highest BCUT2D eigenvalue weighted by molar-refractivity contribution is 5.46. The van der Waals surface area contributed by atoms with Crippen molar-refractivity contribution in [3.05, 3.63) is 47.5 Å². The number of aromatic hydroxyl groups is 1. The molecule has 2 aliphatic rings. The molecule has 0 spiro atoms. The number of ether oxygens (including phenoxy) is 4. The molecule has 0 saturated carbocycles. The molecule has 2 aliphatic heterocycles. The molecule has 5 heteroatoms. The molecular weight excluding hydrogens is 320 g/mol. The summed E-state index contributed by atoms with van der Waals surface area (Å²) in [6.45, 7) is 4.65. The van der Waals surface area contributed by atoms with Gasteiger partial charge in [-0.05, 0) is 47.2 Å². The van der Waals surface area contributed by atoms with Crippen LogP contribution in [0.3, 0.4) is 0 Å². The van der Waals surface area contributed by atoms with Gasteiger partial charge in [-0.15, -0.1) is 0 Å². The predicted octanol–water partition coefficient (Wildman–Crippen LogP) is 4.21. The van der Waals surface area contributed by atoms with E-state index < -0.39 is 0 Å². The van der Waals surface area contributed by atoms with Crippen molar-refractivity contribution in [1.29, 1.82) is 0 Å². The lowest BCUT2D eigenvalue weighted by Crippen LogP contribution is -2.09. The Morgan fingerprint density at radius 1 is 0.920 bits per heavy atom. The molecule has 1 saturated heterocycles. The maximum atomic E-state index is 10.1. The number of phenolic OH excluding ortho intramolecular Hbond substituents is 1. The first kappa shape index (κ1) is 16.1. The lowest BCUT2D eigenvalue weighted by atomic mass is 9.85. The Morgan fingerprint density at radius 2 is 1.56 bits per heavy atom. The molecule has 0 aromatic heterocycles. The van der Waals surface area contributed by atoms with E-state index in [0.29, 0.717) is 17.6 Å². The van der Waals surface area contributed by atoms with Gasteiger partial charge in [-0.2, -0.15) is 0 Å². The lowest BCUT2D eigenvalue weighted by Gasteiger charge is -2.17. The fourth-order valence-electron chi connectivity index (χ4n) is 3.70. The minimum Gasteiger partial charge on any atom is -0.504 e. The third kappa shape index (κ3) is 2.68. The molecule has 25 heavy (non-hydrogen) atoms. The second kappa shape index (κ2) is 6.15. The molecular formula is C20H22O5. The van der Waals surface area contributed by atoms with Gasteiger partial charge in [0.05, 0.1) is 19.3 Å². The van der Waals surface area contributed by atoms with Crippen molar-refractivity contribution in [3.8, 4) is 23.0 Å². The largest absolute Gasteiger partial charge is 0.504 e. The van der Waals surface area contributed by atoms with Crippen LogP contribution in [0.2, 0.25) is 0 Å². The van der Waals surface area contributed by atoms with Crippen molar-refractivity contribution in [3.63, 3.8) is 0 Å². The summed E-state index contributed by atoms with van der Waals surface area (Å²) in [7, 11) is 1.54. The lowest BCUT2D eigenvalue weighted by molar-refractivity contribution is 0.0288. The zero-order chi connectivity index (χ0) is 17.6. The highest BCUT2D eigenvalue weighted by atomic mass is 16.7. The smallest absolute Gasteiger partial charge is 0.231 e. The zero-order valence-electron chi connectivity index (χ0n) is 14.6. The van der Waals surface area contributed by atoms with E-state index in [1.54, 1.807) is 19.2 Å². The van der Waals surface area contributed by atoms with Gasteiger partial charge in [0, 0.05) is 0 Å². The van der Waals surface area contributed by atoms with E-state index in [1.165, 1.54) is 0 Å². The topological polar surface area (TPSA) is 57.2 Å². The first-order valence-corrected chi connectivity index (χ1v) is 8.50. The van der Waals surface area contributed by atoms with Gasteiger partial charge < -0.3 is 24.1 Å². The first-order valence-electron chi connectivity index (χ1n) is 8.50. The summed E-state index contributed by atoms with van der Waals surface area (Å²) in [4.78, 5) is 0. The van der Waals surface area contributed by atoms with Gasteiger partial charge in [0.1, 0.15) is 0 Å². The summed E-state index contributed by atoms with van der Waals surface area (Å²) < 4.78 is 22.4. The standard InChI is InChI=1S/C20H22O5/c1-11-12(2)20(14-5-7-17-18(9-14)24-10-23-17)25-19(11)13-4-6-16(22-3)15(21)8-13/h4-9,11-12,19-21H,10H2,1-3H3. The summed E-state index contributed by atoms with van der Waals surface area (Å²) in [5.41, 5.74) is 2.05. The average Bonchev–Trinajstić information content (AvgIpc) is 3.20. The van der Waals surface area contributed by atoms with Crippen LogP contribution in [-0.4, -0.2) is 19.0 Å². The Morgan fingerprint density at radius 3 is 2.24 bits per heavy atom. The van der Waals surface area contributed by atoms with Crippen LogP contribution < -0.4 is 14.2 Å². The Hall–Kier alpha value is -2.40. The summed E-state index contributed by atoms with van der Waals surface area (Å²) in [6, 6.07) is 11.4. The minimum atomic E-state index is -0.0813. The zero-order valence-corrected chi connectivity index (χ0v) is 14.6. The second-order valence-electron chi connectivity index (χ2n) is 6.74. The third-order valence-corrected chi connectivity index (χ3v) is 5.33. The molecule has 0 bridgehead atoms. The van der Waals surface area contributed by atoms with Gasteiger partial charge >= 0.3 is 0 Å². The molecule has 0 radical (unpaired) electrons. The highest BCUT2D eigenvalue weighted by Gasteiger charge is 2.41. The van der Waals surface area contributed by atoms with Gasteiger partial charge in [-0.1, -0.05) is 26.0 Å². The maximum Gasteiger partial charge on any atom is 0.231 e. The summed E-state index contributed by atoms with van der Waals surface area (Å²) in [6.07, 6.45) is -0.110. The molecule has 1 N–H and O–H groups in total. The monoisotopic (exact) mass is 342 g/mol. The van der Waals surface area contributed by atoms with Crippen molar-refractivity contribution in [1.82, 2.24) is 0 Å². The van der Waals surface area contributed by atoms with Crippen molar-refractivity contribution in [2.45, 2.75) is 26.1 Å². The van der Waals surface area contributed by atoms with Crippen molar-refractivity contribution in [2.75, 3.05) is 13.9 Å². The fourth-order valence-corrected chi connectivity index (χ4v) is 3.70. The average molecular weight is 342 g/mol. The van der Waals surface area contributed by atoms with E-state index in [0.717, 1.165) is 22.6 Å². The van der Waals surface area contributed by atoms with Crippen LogP contribution in [0, 0.1) is 11.8 Å². The molecule has 5 nitrogen and oxygen atoms in total. The van der Waals surface area contributed by atoms with Crippen LogP contribution in [0.25, 0.3) is 0 Å². The number of fused-ring (bicyclic) bond motifs is 1. The predicted molar refractivity (Wildman–Crippen MR) is 92.1 cm³/mol. The van der Waals surface area contributed by atoms with E-state index in [1.807, 2.05) is 24.3 Å². The van der Waals surface area contributed by atoms with Crippen molar-refractivity contribution >= 4 is 0 Å². The van der Waals surface area contributed by atoms with Gasteiger partial charge in [-0.3, -0.25) is 0 Å². The number of hydrogen-bond acceptors (Lipinski definition) is 5. The molecule has 4 atom stereocenters. The molecule has 1 fully saturated rings. The summed E-state index contributed by atoms with van der Waals surface area (Å²) >= 11 is 0. The Kier molecular flexibility index (Phi) is 3.96. The van der Waals surface area contributed by atoms with Crippen molar-refractivity contribution in [2.24, 2.45) is 11.8 Å². The second-order valence-corrected chi connectivity index (χ2v) is 6.74. The van der Waals surface area contributed by atoms with Gasteiger partial charge in [-0.25, -0.2) is 0 Å². The van der Waals surface area contributed by atoms with Gasteiger partial charge in [0.2, 0.25) is 6.79 Å². The van der Waals surface area contributed by atoms with Crippen LogP contribution in [0.4, 0.5) is 0 Å². The van der Waals surface area contributed by atoms with E-state index in [9.17, 15) is 5.11 Å². The van der Waals surface area contributed by atoms with Crippen LogP contribution in [0.15, 0.2) is 36.4 Å². The van der Waals surface area contributed by atoms with Gasteiger partial charge in [0.25, 0.3) is 0 Å². The van der Waals surface area contributed by atoms with Gasteiger partial charge in [0.15, 0.2) is 23.0 Å². The van der Waals surface area contributed by atoms with Crippen LogP contribution in [0.1, 0.15) is 37.2 Å². The third-order valence-electron chi connectivity index (χ3n) is 5.33. The van der Waals surface area contributed by atoms with E-state index in [4.69, 9.17) is 18.9 Å². The SMILES string of the molecule is COc1ccc(C2OC(c3ccc4c(c3)OCO4)C(C)C2C)cc1O. The molecule has 2 aromatic rings. The Balaban J connectivity index is 1.61. The molecule has 2 aromatic carbocycles. The summed E-state index contributed by atoms with van der Waals surface area (Å²) in [5, 5.41) is 10.1. The number of hydrogen-bond donors (Lipinski definition) is 1. The number of benzene rings is 2. The number of methoxy groups -OCH3 is 1. The highest BCUT2D eigenvalue weighted by Crippen LogP contribution is 2.50. The van der Waals surface area contributed by atoms with Crippen LogP contribution >= 0.6 is 0 Å². The van der Waals surface area contributed by atoms with E-state index >= 15 is 0 Å². The fraction of sp³-hybridized carbons (Fsp3) is 0.400. The maximum absolute atomic E-state index is 10.1.